The SMILES string of the molecule is CCC1=CC(F)=C(F)C(C)C1F. The van der Waals surface area contributed by atoms with E-state index in [-0.39, 0.29) is 0 Å². The molecule has 0 saturated carbocycles. The highest BCUT2D eigenvalue weighted by molar-refractivity contribution is 5.31. The van der Waals surface area contributed by atoms with Crippen molar-refractivity contribution in [2.45, 2.75) is 26.4 Å². The van der Waals surface area contributed by atoms with Gasteiger partial charge in [0.2, 0.25) is 0 Å². The van der Waals surface area contributed by atoms with Crippen LogP contribution in [0.2, 0.25) is 0 Å². The van der Waals surface area contributed by atoms with Crippen molar-refractivity contribution >= 4 is 0 Å². The van der Waals surface area contributed by atoms with E-state index >= 15 is 0 Å². The highest BCUT2D eigenvalue weighted by Gasteiger charge is 2.30. The van der Waals surface area contributed by atoms with Crippen molar-refractivity contribution in [3.8, 4) is 0 Å². The van der Waals surface area contributed by atoms with Gasteiger partial charge < -0.3 is 0 Å². The first-order valence-corrected chi connectivity index (χ1v) is 3.97. The van der Waals surface area contributed by atoms with Crippen molar-refractivity contribution in [2.24, 2.45) is 5.92 Å². The second-order valence-corrected chi connectivity index (χ2v) is 2.96. The third-order valence-electron chi connectivity index (χ3n) is 2.14. The second-order valence-electron chi connectivity index (χ2n) is 2.96. The van der Waals surface area contributed by atoms with E-state index in [0.29, 0.717) is 12.0 Å². The van der Waals surface area contributed by atoms with Crippen molar-refractivity contribution in [3.05, 3.63) is 23.3 Å². The highest BCUT2D eigenvalue weighted by Crippen LogP contribution is 2.34. The Morgan fingerprint density at radius 1 is 1.42 bits per heavy atom. The number of hydrogen-bond acceptors (Lipinski definition) is 0. The van der Waals surface area contributed by atoms with E-state index in [0.717, 1.165) is 6.08 Å². The van der Waals surface area contributed by atoms with E-state index in [1.165, 1.54) is 6.92 Å². The van der Waals surface area contributed by atoms with Gasteiger partial charge in [0, 0.05) is 5.92 Å². The molecule has 0 aromatic carbocycles. The standard InChI is InChI=1S/C9H11F3/c1-3-6-4-7(10)9(12)5(2)8(6)11/h4-5,8H,3H2,1-2H3. The van der Waals surface area contributed by atoms with Crippen molar-refractivity contribution in [2.75, 3.05) is 0 Å². The molecule has 0 radical (unpaired) electrons. The molecule has 1 rings (SSSR count). The molecule has 0 saturated heterocycles. The van der Waals surface area contributed by atoms with Crippen LogP contribution in [-0.2, 0) is 0 Å². The van der Waals surface area contributed by atoms with Crippen LogP contribution in [0, 0.1) is 5.92 Å². The Morgan fingerprint density at radius 2 is 2.00 bits per heavy atom. The lowest BCUT2D eigenvalue weighted by molar-refractivity contribution is 0.262. The molecular weight excluding hydrogens is 165 g/mol. The Hall–Kier alpha value is -0.730. The van der Waals surface area contributed by atoms with Gasteiger partial charge in [-0.05, 0) is 18.1 Å². The minimum Gasteiger partial charge on any atom is -0.242 e. The van der Waals surface area contributed by atoms with Gasteiger partial charge in [0.25, 0.3) is 0 Å². The zero-order chi connectivity index (χ0) is 9.30. The van der Waals surface area contributed by atoms with Crippen molar-refractivity contribution < 1.29 is 13.2 Å². The number of allylic oxidation sites excluding steroid dienone is 4. The van der Waals surface area contributed by atoms with Crippen LogP contribution in [0.1, 0.15) is 20.3 Å². The zero-order valence-corrected chi connectivity index (χ0v) is 7.07. The minimum absolute atomic E-state index is 0.335. The van der Waals surface area contributed by atoms with Gasteiger partial charge >= 0.3 is 0 Å². The number of hydrogen-bond donors (Lipinski definition) is 0. The number of halogens is 3. The van der Waals surface area contributed by atoms with Gasteiger partial charge in [-0.25, -0.2) is 13.2 Å². The fourth-order valence-electron chi connectivity index (χ4n) is 1.28. The summed E-state index contributed by atoms with van der Waals surface area (Å²) in [6.07, 6.45) is 0.0150. The summed E-state index contributed by atoms with van der Waals surface area (Å²) < 4.78 is 38.6. The molecule has 0 N–H and O–H groups in total. The van der Waals surface area contributed by atoms with E-state index in [1.807, 2.05) is 0 Å². The van der Waals surface area contributed by atoms with Crippen molar-refractivity contribution in [3.63, 3.8) is 0 Å². The van der Waals surface area contributed by atoms with Gasteiger partial charge in [-0.2, -0.15) is 0 Å². The summed E-state index contributed by atoms with van der Waals surface area (Å²) in [5.74, 6) is -2.86. The van der Waals surface area contributed by atoms with Gasteiger partial charge in [-0.3, -0.25) is 0 Å². The normalized spacial score (nSPS) is 30.6. The Kier molecular flexibility index (Phi) is 2.60. The van der Waals surface area contributed by atoms with E-state index in [4.69, 9.17) is 0 Å². The summed E-state index contributed by atoms with van der Waals surface area (Å²) in [5.41, 5.74) is 0.335. The van der Waals surface area contributed by atoms with Gasteiger partial charge in [0.1, 0.15) is 12.0 Å². The molecule has 1 aliphatic carbocycles. The first-order valence-electron chi connectivity index (χ1n) is 3.97. The van der Waals surface area contributed by atoms with Crippen LogP contribution in [0.5, 0.6) is 0 Å². The summed E-state index contributed by atoms with van der Waals surface area (Å²) in [6, 6.07) is 0. The summed E-state index contributed by atoms with van der Waals surface area (Å²) in [6.45, 7) is 3.07. The van der Waals surface area contributed by atoms with Crippen molar-refractivity contribution in [1.29, 1.82) is 0 Å². The lowest BCUT2D eigenvalue weighted by Gasteiger charge is -2.21. The van der Waals surface area contributed by atoms with Crippen molar-refractivity contribution in [1.82, 2.24) is 0 Å². The molecule has 0 nitrogen and oxygen atoms in total. The molecule has 1 aliphatic rings. The lowest BCUT2D eigenvalue weighted by Crippen LogP contribution is -2.19. The van der Waals surface area contributed by atoms with Crippen LogP contribution in [0.25, 0.3) is 0 Å². The maximum Gasteiger partial charge on any atom is 0.155 e. The molecule has 12 heavy (non-hydrogen) atoms. The summed E-state index contributed by atoms with van der Waals surface area (Å²) in [4.78, 5) is 0. The maximum atomic E-state index is 13.2. The first kappa shape index (κ1) is 9.36. The molecular formula is C9H11F3. The van der Waals surface area contributed by atoms with Gasteiger partial charge in [0.15, 0.2) is 5.83 Å². The van der Waals surface area contributed by atoms with Gasteiger partial charge in [-0.1, -0.05) is 13.8 Å². The van der Waals surface area contributed by atoms with E-state index < -0.39 is 23.7 Å². The molecule has 0 aromatic rings. The predicted octanol–water partition coefficient (Wildman–Crippen LogP) is 3.46. The Bertz CT molecular complexity index is 240. The van der Waals surface area contributed by atoms with Crippen LogP contribution in [0.4, 0.5) is 13.2 Å². The molecule has 2 atom stereocenters. The molecule has 68 valence electrons. The fraction of sp³-hybridized carbons (Fsp3) is 0.556. The average Bonchev–Trinajstić information content (AvgIpc) is 2.08. The third-order valence-corrected chi connectivity index (χ3v) is 2.14. The van der Waals surface area contributed by atoms with Crippen LogP contribution in [0.3, 0.4) is 0 Å². The predicted molar refractivity (Wildman–Crippen MR) is 41.7 cm³/mol. The fourth-order valence-corrected chi connectivity index (χ4v) is 1.28. The molecule has 0 spiro atoms. The smallest absolute Gasteiger partial charge is 0.155 e. The second kappa shape index (κ2) is 3.33. The molecule has 0 aliphatic heterocycles. The lowest BCUT2D eigenvalue weighted by atomic mass is 9.91. The molecule has 0 fully saturated rings. The molecule has 0 aromatic heterocycles. The van der Waals surface area contributed by atoms with E-state index in [2.05, 4.69) is 0 Å². The first-order chi connectivity index (χ1) is 5.57. The Balaban J connectivity index is 3.00. The van der Waals surface area contributed by atoms with Gasteiger partial charge in [-0.15, -0.1) is 0 Å². The molecule has 0 amide bonds. The summed E-state index contributed by atoms with van der Waals surface area (Å²) >= 11 is 0. The number of rotatable bonds is 1. The maximum absolute atomic E-state index is 13.2. The molecule has 0 heterocycles. The monoisotopic (exact) mass is 176 g/mol. The molecule has 0 bridgehead atoms. The zero-order valence-electron chi connectivity index (χ0n) is 7.07. The Labute approximate surface area is 69.8 Å². The van der Waals surface area contributed by atoms with Crippen LogP contribution in [-0.4, -0.2) is 6.17 Å². The van der Waals surface area contributed by atoms with E-state index in [1.54, 1.807) is 6.92 Å². The van der Waals surface area contributed by atoms with Gasteiger partial charge in [0.05, 0.1) is 0 Å². The summed E-state index contributed by atoms with van der Waals surface area (Å²) in [7, 11) is 0. The summed E-state index contributed by atoms with van der Waals surface area (Å²) in [5, 5.41) is 0. The van der Waals surface area contributed by atoms with E-state index in [9.17, 15) is 13.2 Å². The van der Waals surface area contributed by atoms with Crippen LogP contribution in [0.15, 0.2) is 23.3 Å². The minimum atomic E-state index is -1.37. The highest BCUT2D eigenvalue weighted by atomic mass is 19.2. The molecule has 3 heteroatoms. The average molecular weight is 176 g/mol. The van der Waals surface area contributed by atoms with Crippen LogP contribution >= 0.6 is 0 Å². The number of alkyl halides is 1. The molecule has 2 unspecified atom stereocenters. The Morgan fingerprint density at radius 3 is 2.50 bits per heavy atom. The topological polar surface area (TPSA) is 0 Å². The quantitative estimate of drug-likeness (QED) is 0.574. The van der Waals surface area contributed by atoms with Crippen LogP contribution < -0.4 is 0 Å². The third kappa shape index (κ3) is 1.40. The largest absolute Gasteiger partial charge is 0.242 e.